The number of hydrogen-bond donors (Lipinski definition) is 2. The minimum absolute atomic E-state index is 0.0956. The van der Waals surface area contributed by atoms with Gasteiger partial charge in [0.25, 0.3) is 5.91 Å². The standard InChI is InChI=1S/C26H23F2N3O5/c1-2-35-24(32)13-29-25(33)18-11-10-17(36-15-19-20(27)7-5-8-21(19)28)12-23(18)31-14-16-6-3-4-9-22(16)30-26(31)34/h3-12H,2,13-15H2,1H3,(H,29,33)(H,30,34). The Morgan fingerprint density at radius 3 is 2.56 bits per heavy atom. The summed E-state index contributed by atoms with van der Waals surface area (Å²) in [7, 11) is 0. The zero-order valence-corrected chi connectivity index (χ0v) is 19.3. The Balaban J connectivity index is 1.64. The van der Waals surface area contributed by atoms with Crippen molar-refractivity contribution in [1.82, 2.24) is 5.32 Å². The molecule has 2 N–H and O–H groups in total. The SMILES string of the molecule is CCOC(=O)CNC(=O)c1ccc(OCc2c(F)cccc2F)cc1N1Cc2ccccc2NC1=O. The Bertz CT molecular complexity index is 1290. The average Bonchev–Trinajstić information content (AvgIpc) is 2.86. The number of carbonyl (C=O) groups excluding carboxylic acids is 3. The number of ether oxygens (including phenoxy) is 2. The third kappa shape index (κ3) is 5.43. The van der Waals surface area contributed by atoms with E-state index in [0.717, 1.165) is 17.7 Å². The van der Waals surface area contributed by atoms with Crippen LogP contribution in [0.2, 0.25) is 0 Å². The van der Waals surface area contributed by atoms with Gasteiger partial charge in [0.2, 0.25) is 0 Å². The smallest absolute Gasteiger partial charge is 0.326 e. The van der Waals surface area contributed by atoms with Gasteiger partial charge in [-0.3, -0.25) is 14.5 Å². The van der Waals surface area contributed by atoms with Gasteiger partial charge in [-0.15, -0.1) is 0 Å². The van der Waals surface area contributed by atoms with E-state index in [4.69, 9.17) is 9.47 Å². The van der Waals surface area contributed by atoms with Gasteiger partial charge in [0.1, 0.15) is 30.5 Å². The van der Waals surface area contributed by atoms with E-state index < -0.39 is 36.1 Å². The van der Waals surface area contributed by atoms with Crippen LogP contribution in [-0.2, 0) is 22.7 Å². The lowest BCUT2D eigenvalue weighted by atomic mass is 10.1. The first-order valence-electron chi connectivity index (χ1n) is 11.2. The first kappa shape index (κ1) is 24.6. The molecule has 0 radical (unpaired) electrons. The van der Waals surface area contributed by atoms with E-state index >= 15 is 0 Å². The number of fused-ring (bicyclic) bond motifs is 1. The number of halogens is 2. The third-order valence-corrected chi connectivity index (χ3v) is 5.48. The first-order valence-corrected chi connectivity index (χ1v) is 11.2. The van der Waals surface area contributed by atoms with Crippen molar-refractivity contribution in [3.63, 3.8) is 0 Å². The molecule has 10 heteroatoms. The van der Waals surface area contributed by atoms with Crippen LogP contribution < -0.4 is 20.3 Å². The van der Waals surface area contributed by atoms with E-state index in [1.165, 1.54) is 29.2 Å². The van der Waals surface area contributed by atoms with E-state index in [-0.39, 0.29) is 42.3 Å². The molecule has 0 bridgehead atoms. The first-order chi connectivity index (χ1) is 17.4. The second-order valence-corrected chi connectivity index (χ2v) is 7.83. The third-order valence-electron chi connectivity index (χ3n) is 5.48. The zero-order chi connectivity index (χ0) is 25.7. The Kier molecular flexibility index (Phi) is 7.43. The van der Waals surface area contributed by atoms with Gasteiger partial charge in [0.15, 0.2) is 0 Å². The molecule has 3 aromatic rings. The minimum atomic E-state index is -0.753. The van der Waals surface area contributed by atoms with Crippen molar-refractivity contribution >= 4 is 29.3 Å². The zero-order valence-electron chi connectivity index (χ0n) is 19.3. The second kappa shape index (κ2) is 10.9. The van der Waals surface area contributed by atoms with E-state index in [1.54, 1.807) is 19.1 Å². The maximum atomic E-state index is 14.0. The van der Waals surface area contributed by atoms with Crippen molar-refractivity contribution in [1.29, 1.82) is 0 Å². The number of nitrogens with zero attached hydrogens (tertiary/aromatic N) is 1. The summed E-state index contributed by atoms with van der Waals surface area (Å²) < 4.78 is 38.5. The van der Waals surface area contributed by atoms with Crippen LogP contribution in [0.1, 0.15) is 28.4 Å². The predicted molar refractivity (Wildman–Crippen MR) is 128 cm³/mol. The van der Waals surface area contributed by atoms with Gasteiger partial charge in [0.05, 0.1) is 30.0 Å². The van der Waals surface area contributed by atoms with Crippen molar-refractivity contribution in [3.05, 3.63) is 89.0 Å². The number of carbonyl (C=O) groups is 3. The van der Waals surface area contributed by atoms with Crippen molar-refractivity contribution in [2.45, 2.75) is 20.1 Å². The lowest BCUT2D eigenvalue weighted by molar-refractivity contribution is -0.141. The molecule has 3 amide bonds. The highest BCUT2D eigenvalue weighted by Crippen LogP contribution is 2.33. The van der Waals surface area contributed by atoms with Gasteiger partial charge < -0.3 is 20.1 Å². The number of anilines is 2. The molecule has 0 fully saturated rings. The van der Waals surface area contributed by atoms with E-state index in [2.05, 4.69) is 10.6 Å². The van der Waals surface area contributed by atoms with Crippen molar-refractivity contribution < 1.29 is 32.6 Å². The largest absolute Gasteiger partial charge is 0.489 e. The lowest BCUT2D eigenvalue weighted by Crippen LogP contribution is -2.40. The summed E-state index contributed by atoms with van der Waals surface area (Å²) in [5.74, 6) is -2.55. The molecule has 8 nitrogen and oxygen atoms in total. The summed E-state index contributed by atoms with van der Waals surface area (Å²) in [5.41, 5.74) is 1.50. The fourth-order valence-corrected chi connectivity index (χ4v) is 3.70. The van der Waals surface area contributed by atoms with Crippen LogP contribution in [0.25, 0.3) is 0 Å². The molecule has 1 heterocycles. The van der Waals surface area contributed by atoms with Crippen LogP contribution in [0.15, 0.2) is 60.7 Å². The predicted octanol–water partition coefficient (Wildman–Crippen LogP) is 4.39. The van der Waals surface area contributed by atoms with Crippen LogP contribution in [0.5, 0.6) is 5.75 Å². The van der Waals surface area contributed by atoms with Gasteiger partial charge in [-0.2, -0.15) is 0 Å². The lowest BCUT2D eigenvalue weighted by Gasteiger charge is -2.30. The normalized spacial score (nSPS) is 12.4. The molecule has 0 aromatic heterocycles. The number of rotatable bonds is 8. The molecular formula is C26H23F2N3O5. The quantitative estimate of drug-likeness (QED) is 0.452. The minimum Gasteiger partial charge on any atom is -0.489 e. The second-order valence-electron chi connectivity index (χ2n) is 7.83. The maximum Gasteiger partial charge on any atom is 0.326 e. The summed E-state index contributed by atoms with van der Waals surface area (Å²) in [6.07, 6.45) is 0. The highest BCUT2D eigenvalue weighted by atomic mass is 19.1. The number of para-hydroxylation sites is 1. The Morgan fingerprint density at radius 2 is 1.81 bits per heavy atom. The van der Waals surface area contributed by atoms with Crippen LogP contribution in [0, 0.1) is 11.6 Å². The number of benzene rings is 3. The van der Waals surface area contributed by atoms with Crippen LogP contribution >= 0.6 is 0 Å². The molecule has 0 saturated carbocycles. The van der Waals surface area contributed by atoms with Crippen molar-refractivity contribution in [2.75, 3.05) is 23.4 Å². The van der Waals surface area contributed by atoms with E-state index in [0.29, 0.717) is 5.69 Å². The summed E-state index contributed by atoms with van der Waals surface area (Å²) in [4.78, 5) is 38.9. The Labute approximate surface area is 205 Å². The number of hydrogen-bond acceptors (Lipinski definition) is 5. The molecule has 186 valence electrons. The van der Waals surface area contributed by atoms with Gasteiger partial charge in [-0.25, -0.2) is 13.6 Å². The Morgan fingerprint density at radius 1 is 1.06 bits per heavy atom. The van der Waals surface area contributed by atoms with Gasteiger partial charge in [-0.05, 0) is 42.8 Å². The number of urea groups is 1. The topological polar surface area (TPSA) is 97.0 Å². The molecule has 3 aromatic carbocycles. The molecule has 0 saturated heterocycles. The number of nitrogens with one attached hydrogen (secondary N) is 2. The molecule has 0 spiro atoms. The molecule has 0 aliphatic carbocycles. The molecule has 1 aliphatic heterocycles. The van der Waals surface area contributed by atoms with Crippen molar-refractivity contribution in [2.24, 2.45) is 0 Å². The average molecular weight is 495 g/mol. The summed E-state index contributed by atoms with van der Waals surface area (Å²) in [6.45, 7) is 1.22. The summed E-state index contributed by atoms with van der Waals surface area (Å²) in [6, 6.07) is 14.5. The van der Waals surface area contributed by atoms with E-state index in [9.17, 15) is 23.2 Å². The fourth-order valence-electron chi connectivity index (χ4n) is 3.70. The van der Waals surface area contributed by atoms with E-state index in [1.807, 2.05) is 12.1 Å². The number of esters is 1. The molecular weight excluding hydrogens is 472 g/mol. The number of amides is 3. The summed E-state index contributed by atoms with van der Waals surface area (Å²) >= 11 is 0. The molecule has 1 aliphatic rings. The molecule has 4 rings (SSSR count). The highest BCUT2D eigenvalue weighted by molar-refractivity contribution is 6.09. The summed E-state index contributed by atoms with van der Waals surface area (Å²) in [5, 5.41) is 5.25. The molecule has 36 heavy (non-hydrogen) atoms. The van der Waals surface area contributed by atoms with Gasteiger partial charge in [0, 0.05) is 11.8 Å². The maximum absolute atomic E-state index is 14.0. The van der Waals surface area contributed by atoms with Gasteiger partial charge >= 0.3 is 12.0 Å². The van der Waals surface area contributed by atoms with Gasteiger partial charge in [-0.1, -0.05) is 24.3 Å². The van der Waals surface area contributed by atoms with Crippen LogP contribution in [0.3, 0.4) is 0 Å². The molecule has 0 atom stereocenters. The Hall–Kier alpha value is -4.47. The monoisotopic (exact) mass is 495 g/mol. The van der Waals surface area contributed by atoms with Crippen LogP contribution in [0.4, 0.5) is 25.0 Å². The van der Waals surface area contributed by atoms with Crippen LogP contribution in [-0.4, -0.2) is 31.1 Å². The highest BCUT2D eigenvalue weighted by Gasteiger charge is 2.28. The molecule has 0 unspecified atom stereocenters. The van der Waals surface area contributed by atoms with Crippen molar-refractivity contribution in [3.8, 4) is 5.75 Å². The fraction of sp³-hybridized carbons (Fsp3) is 0.192.